The van der Waals surface area contributed by atoms with Crippen molar-refractivity contribution in [1.82, 2.24) is 4.72 Å². The Balaban J connectivity index is 3.13. The summed E-state index contributed by atoms with van der Waals surface area (Å²) in [6, 6.07) is 4.07. The van der Waals surface area contributed by atoms with E-state index in [1.54, 1.807) is 0 Å². The van der Waals surface area contributed by atoms with E-state index in [9.17, 15) is 13.2 Å². The zero-order valence-electron chi connectivity index (χ0n) is 12.7. The monoisotopic (exact) mass is 314 g/mol. The molecule has 0 aliphatic carbocycles. The number of nitrogen functional groups attached to an aromatic ring is 1. The minimum Gasteiger partial charge on any atom is -0.465 e. The van der Waals surface area contributed by atoms with Crippen LogP contribution in [0.1, 0.15) is 31.1 Å². The molecule has 0 saturated carbocycles. The van der Waals surface area contributed by atoms with Crippen molar-refractivity contribution in [3.63, 3.8) is 0 Å². The Morgan fingerprint density at radius 3 is 2.48 bits per heavy atom. The summed E-state index contributed by atoms with van der Waals surface area (Å²) in [6.07, 6.45) is 0. The third kappa shape index (κ3) is 4.44. The highest BCUT2D eigenvalue weighted by molar-refractivity contribution is 7.89. The largest absolute Gasteiger partial charge is 0.465 e. The number of nitrogens with two attached hydrogens (primary N) is 1. The molecule has 118 valence electrons. The molecule has 3 N–H and O–H groups in total. The van der Waals surface area contributed by atoms with Gasteiger partial charge >= 0.3 is 5.97 Å². The first-order valence-corrected chi connectivity index (χ1v) is 8.15. The Kier molecular flexibility index (Phi) is 5.74. The normalized spacial score (nSPS) is 13.2. The zero-order chi connectivity index (χ0) is 16.2. The maximum absolute atomic E-state index is 12.4. The molecule has 0 amide bonds. The van der Waals surface area contributed by atoms with Gasteiger partial charge in [-0.1, -0.05) is 20.8 Å². The Hall–Kier alpha value is -1.60. The van der Waals surface area contributed by atoms with Crippen molar-refractivity contribution < 1.29 is 17.9 Å². The van der Waals surface area contributed by atoms with E-state index in [1.165, 1.54) is 25.3 Å². The molecule has 0 spiro atoms. The van der Waals surface area contributed by atoms with Crippen LogP contribution in [0.25, 0.3) is 0 Å². The van der Waals surface area contributed by atoms with Gasteiger partial charge in [0.2, 0.25) is 10.0 Å². The fourth-order valence-electron chi connectivity index (χ4n) is 1.59. The molecule has 0 aliphatic heterocycles. The highest BCUT2D eigenvalue weighted by Crippen LogP contribution is 2.20. The van der Waals surface area contributed by atoms with Gasteiger partial charge in [-0.15, -0.1) is 0 Å². The second-order valence-corrected chi connectivity index (χ2v) is 7.06. The zero-order valence-corrected chi connectivity index (χ0v) is 13.5. The van der Waals surface area contributed by atoms with Gasteiger partial charge in [-0.25, -0.2) is 17.9 Å². The number of carbonyl (C=O) groups excluding carboxylic acids is 1. The predicted molar refractivity (Wildman–Crippen MR) is 81.4 cm³/mol. The molecule has 21 heavy (non-hydrogen) atoms. The van der Waals surface area contributed by atoms with Crippen LogP contribution >= 0.6 is 0 Å². The highest BCUT2D eigenvalue weighted by Gasteiger charge is 2.24. The topological polar surface area (TPSA) is 98.5 Å². The second-order valence-electron chi connectivity index (χ2n) is 5.32. The summed E-state index contributed by atoms with van der Waals surface area (Å²) < 4.78 is 31.9. The average Bonchev–Trinajstić information content (AvgIpc) is 2.43. The maximum Gasteiger partial charge on any atom is 0.339 e. The summed E-state index contributed by atoms with van der Waals surface area (Å²) in [5, 5.41) is 0. The number of esters is 1. The first kappa shape index (κ1) is 17.5. The Bertz CT molecular complexity index is 611. The van der Waals surface area contributed by atoms with Gasteiger partial charge in [0, 0.05) is 12.2 Å². The number of benzene rings is 1. The number of rotatable bonds is 6. The second kappa shape index (κ2) is 6.91. The van der Waals surface area contributed by atoms with Crippen molar-refractivity contribution in [2.24, 2.45) is 11.8 Å². The fraction of sp³-hybridized carbons (Fsp3) is 0.500. The van der Waals surface area contributed by atoms with E-state index in [4.69, 9.17) is 5.73 Å². The van der Waals surface area contributed by atoms with E-state index < -0.39 is 16.0 Å². The standard InChI is InChI=1S/C14H22N2O4S/c1-9(2)10(3)8-16-21(18,19)13-7-11(15)5-6-12(13)14(17)20-4/h5-7,9-10,16H,8,15H2,1-4H3. The molecule has 6 nitrogen and oxygen atoms in total. The lowest BCUT2D eigenvalue weighted by Crippen LogP contribution is -2.31. The molecule has 0 fully saturated rings. The number of nitrogens with one attached hydrogen (secondary N) is 1. The van der Waals surface area contributed by atoms with E-state index in [0.717, 1.165) is 0 Å². The number of hydrogen-bond acceptors (Lipinski definition) is 5. The molecule has 0 aliphatic rings. The van der Waals surface area contributed by atoms with Gasteiger partial charge in [-0.2, -0.15) is 0 Å². The first-order valence-electron chi connectivity index (χ1n) is 6.66. The van der Waals surface area contributed by atoms with E-state index in [0.29, 0.717) is 5.92 Å². The van der Waals surface area contributed by atoms with E-state index in [-0.39, 0.29) is 28.6 Å². The van der Waals surface area contributed by atoms with Crippen LogP contribution in [0.15, 0.2) is 23.1 Å². The molecule has 1 aromatic carbocycles. The summed E-state index contributed by atoms with van der Waals surface area (Å²) >= 11 is 0. The van der Waals surface area contributed by atoms with Crippen LogP contribution in [0.3, 0.4) is 0 Å². The first-order chi connectivity index (χ1) is 9.69. The molecule has 1 aromatic rings. The van der Waals surface area contributed by atoms with E-state index >= 15 is 0 Å². The van der Waals surface area contributed by atoms with Crippen molar-refractivity contribution in [2.45, 2.75) is 25.7 Å². The molecule has 7 heteroatoms. The van der Waals surface area contributed by atoms with Crippen LogP contribution in [0, 0.1) is 11.8 Å². The SMILES string of the molecule is COC(=O)c1ccc(N)cc1S(=O)(=O)NCC(C)C(C)C. The van der Waals surface area contributed by atoms with Crippen LogP contribution in [0.5, 0.6) is 0 Å². The third-order valence-electron chi connectivity index (χ3n) is 3.43. The van der Waals surface area contributed by atoms with Crippen LogP contribution in [-0.2, 0) is 14.8 Å². The number of anilines is 1. The quantitative estimate of drug-likeness (QED) is 0.614. The summed E-state index contributed by atoms with van der Waals surface area (Å²) in [4.78, 5) is 11.5. The summed E-state index contributed by atoms with van der Waals surface area (Å²) in [5.74, 6) is -0.205. The minimum absolute atomic E-state index is 0.0311. The van der Waals surface area contributed by atoms with E-state index in [2.05, 4.69) is 9.46 Å². The lowest BCUT2D eigenvalue weighted by atomic mass is 9.99. The van der Waals surface area contributed by atoms with Gasteiger partial charge in [0.1, 0.15) is 0 Å². The number of hydrogen-bond donors (Lipinski definition) is 2. The Labute approximate surface area is 125 Å². The van der Waals surface area contributed by atoms with Crippen LogP contribution in [0.2, 0.25) is 0 Å². The predicted octanol–water partition coefficient (Wildman–Crippen LogP) is 1.63. The molecule has 0 aromatic heterocycles. The third-order valence-corrected chi connectivity index (χ3v) is 4.90. The van der Waals surface area contributed by atoms with Crippen molar-refractivity contribution in [2.75, 3.05) is 19.4 Å². The van der Waals surface area contributed by atoms with Gasteiger partial charge in [0.15, 0.2) is 0 Å². The van der Waals surface area contributed by atoms with Gasteiger partial charge in [0.05, 0.1) is 17.6 Å². The summed E-state index contributed by atoms with van der Waals surface area (Å²) in [5.41, 5.74) is 5.86. The highest BCUT2D eigenvalue weighted by atomic mass is 32.2. The number of carbonyl (C=O) groups is 1. The van der Waals surface area contributed by atoms with Crippen molar-refractivity contribution in [1.29, 1.82) is 0 Å². The maximum atomic E-state index is 12.4. The van der Waals surface area contributed by atoms with Crippen molar-refractivity contribution in [3.05, 3.63) is 23.8 Å². The molecular weight excluding hydrogens is 292 g/mol. The van der Waals surface area contributed by atoms with Gasteiger partial charge < -0.3 is 10.5 Å². The number of methoxy groups -OCH3 is 1. The van der Waals surface area contributed by atoms with Gasteiger partial charge in [0.25, 0.3) is 0 Å². The van der Waals surface area contributed by atoms with Crippen LogP contribution in [0.4, 0.5) is 5.69 Å². The fourth-order valence-corrected chi connectivity index (χ4v) is 2.96. The summed E-state index contributed by atoms with van der Waals surface area (Å²) in [7, 11) is -2.63. The minimum atomic E-state index is -3.83. The van der Waals surface area contributed by atoms with Gasteiger partial charge in [-0.3, -0.25) is 0 Å². The van der Waals surface area contributed by atoms with Gasteiger partial charge in [-0.05, 0) is 30.0 Å². The molecule has 1 unspecified atom stereocenters. The number of ether oxygens (including phenoxy) is 1. The average molecular weight is 314 g/mol. The summed E-state index contributed by atoms with van der Waals surface area (Å²) in [6.45, 7) is 6.27. The molecule has 0 radical (unpaired) electrons. The lowest BCUT2D eigenvalue weighted by molar-refractivity contribution is 0.0596. The molecule has 1 atom stereocenters. The molecular formula is C14H22N2O4S. The van der Waals surface area contributed by atoms with Crippen LogP contribution < -0.4 is 10.5 Å². The van der Waals surface area contributed by atoms with Crippen molar-refractivity contribution >= 4 is 21.7 Å². The van der Waals surface area contributed by atoms with Crippen LogP contribution in [-0.4, -0.2) is 28.0 Å². The Morgan fingerprint density at radius 2 is 1.95 bits per heavy atom. The lowest BCUT2D eigenvalue weighted by Gasteiger charge is -2.17. The molecule has 0 bridgehead atoms. The molecule has 0 saturated heterocycles. The molecule has 0 heterocycles. The Morgan fingerprint density at radius 1 is 1.33 bits per heavy atom. The smallest absolute Gasteiger partial charge is 0.339 e. The van der Waals surface area contributed by atoms with E-state index in [1.807, 2.05) is 20.8 Å². The van der Waals surface area contributed by atoms with Crippen molar-refractivity contribution in [3.8, 4) is 0 Å². The molecule has 1 rings (SSSR count). The number of sulfonamides is 1.